The zero-order chi connectivity index (χ0) is 21.3. The van der Waals surface area contributed by atoms with Gasteiger partial charge in [0.25, 0.3) is 11.5 Å². The van der Waals surface area contributed by atoms with Crippen LogP contribution in [0.5, 0.6) is 0 Å². The number of aromatic nitrogens is 4. The molecule has 150 valence electrons. The molecule has 0 aliphatic rings. The third-order valence-electron chi connectivity index (χ3n) is 4.66. The number of benzene rings is 1. The van der Waals surface area contributed by atoms with Gasteiger partial charge >= 0.3 is 0 Å². The Hall–Kier alpha value is -4.07. The topological polar surface area (TPSA) is 105 Å². The maximum atomic E-state index is 12.6. The van der Waals surface area contributed by atoms with Crippen LogP contribution in [0, 0.1) is 6.92 Å². The minimum absolute atomic E-state index is 0.0284. The molecule has 0 radical (unpaired) electrons. The van der Waals surface area contributed by atoms with Crippen LogP contribution in [-0.4, -0.2) is 31.4 Å². The van der Waals surface area contributed by atoms with E-state index in [0.717, 1.165) is 16.6 Å². The van der Waals surface area contributed by atoms with E-state index in [0.29, 0.717) is 22.7 Å². The summed E-state index contributed by atoms with van der Waals surface area (Å²) in [7, 11) is 0. The quantitative estimate of drug-likeness (QED) is 0.405. The zero-order valence-corrected chi connectivity index (χ0v) is 16.8. The average Bonchev–Trinajstić information content (AvgIpc) is 3.12. The van der Waals surface area contributed by atoms with Gasteiger partial charge in [-0.05, 0) is 38.5 Å². The van der Waals surface area contributed by atoms with Crippen molar-refractivity contribution >= 4 is 17.1 Å². The van der Waals surface area contributed by atoms with E-state index in [1.54, 1.807) is 25.3 Å². The Morgan fingerprint density at radius 2 is 1.80 bits per heavy atom. The van der Waals surface area contributed by atoms with Gasteiger partial charge in [-0.3, -0.25) is 9.59 Å². The van der Waals surface area contributed by atoms with E-state index in [4.69, 9.17) is 5.10 Å². The van der Waals surface area contributed by atoms with E-state index < -0.39 is 11.5 Å². The molecule has 4 rings (SSSR count). The molecule has 0 aliphatic heterocycles. The lowest BCUT2D eigenvalue weighted by Crippen LogP contribution is -2.29. The summed E-state index contributed by atoms with van der Waals surface area (Å²) in [6, 6.07) is 15.4. The summed E-state index contributed by atoms with van der Waals surface area (Å²) < 4.78 is 1.76. The number of carbonyl (C=O) groups excluding carboxylic acids is 1. The van der Waals surface area contributed by atoms with Gasteiger partial charge in [0.1, 0.15) is 11.3 Å². The molecule has 3 aromatic heterocycles. The van der Waals surface area contributed by atoms with Crippen molar-refractivity contribution < 1.29 is 4.79 Å². The number of pyridine rings is 1. The lowest BCUT2D eigenvalue weighted by atomic mass is 9.99. The second kappa shape index (κ2) is 7.75. The first kappa shape index (κ1) is 19.3. The van der Waals surface area contributed by atoms with Gasteiger partial charge in [-0.1, -0.05) is 36.4 Å². The summed E-state index contributed by atoms with van der Waals surface area (Å²) in [6.07, 6.45) is 1.85. The first-order valence-electron chi connectivity index (χ1n) is 9.41. The largest absolute Gasteiger partial charge is 0.277 e. The van der Waals surface area contributed by atoms with E-state index in [1.165, 1.54) is 0 Å². The van der Waals surface area contributed by atoms with E-state index in [1.807, 2.05) is 54.7 Å². The molecule has 0 spiro atoms. The summed E-state index contributed by atoms with van der Waals surface area (Å²) in [5.74, 6) is -0.587. The molecule has 1 aromatic carbocycles. The van der Waals surface area contributed by atoms with Gasteiger partial charge < -0.3 is 0 Å². The fraction of sp³-hybridized carbons (Fsp3) is 0.136. The van der Waals surface area contributed by atoms with Gasteiger partial charge in [-0.25, -0.2) is 15.0 Å². The van der Waals surface area contributed by atoms with Crippen LogP contribution in [0.2, 0.25) is 0 Å². The summed E-state index contributed by atoms with van der Waals surface area (Å²) in [6.45, 7) is 5.21. The van der Waals surface area contributed by atoms with E-state index in [-0.39, 0.29) is 5.56 Å². The predicted molar refractivity (Wildman–Crippen MR) is 115 cm³/mol. The van der Waals surface area contributed by atoms with Gasteiger partial charge in [0.15, 0.2) is 0 Å². The summed E-state index contributed by atoms with van der Waals surface area (Å²) >= 11 is 0. The van der Waals surface area contributed by atoms with Gasteiger partial charge in [0.2, 0.25) is 0 Å². The van der Waals surface area contributed by atoms with Crippen LogP contribution in [0.3, 0.4) is 0 Å². The SMILES string of the molecule is CC(C)=NNC(=O)c1c(C)c(-c2c(-c3ccccc3)nn3ccccc23)n[nH]c1=O. The van der Waals surface area contributed by atoms with Crippen molar-refractivity contribution in [3.05, 3.63) is 76.2 Å². The Morgan fingerprint density at radius 3 is 2.53 bits per heavy atom. The van der Waals surface area contributed by atoms with Crippen molar-refractivity contribution in [2.75, 3.05) is 0 Å². The summed E-state index contributed by atoms with van der Waals surface area (Å²) in [5.41, 5.74) is 6.58. The number of carbonyl (C=O) groups is 1. The minimum atomic E-state index is -0.587. The molecule has 1 amide bonds. The molecule has 3 heterocycles. The molecule has 4 aromatic rings. The highest BCUT2D eigenvalue weighted by Gasteiger charge is 2.24. The van der Waals surface area contributed by atoms with Crippen molar-refractivity contribution in [1.29, 1.82) is 0 Å². The number of fused-ring (bicyclic) bond motifs is 1. The molecule has 0 saturated carbocycles. The molecule has 0 aliphatic carbocycles. The van der Waals surface area contributed by atoms with E-state index in [2.05, 4.69) is 20.7 Å². The molecule has 0 saturated heterocycles. The first-order chi connectivity index (χ1) is 14.5. The molecule has 2 N–H and O–H groups in total. The number of rotatable bonds is 4. The number of hydrazone groups is 1. The van der Waals surface area contributed by atoms with E-state index >= 15 is 0 Å². The normalized spacial score (nSPS) is 10.8. The Labute approximate surface area is 172 Å². The van der Waals surface area contributed by atoms with Crippen LogP contribution in [0.1, 0.15) is 29.8 Å². The Bertz CT molecular complexity index is 1330. The van der Waals surface area contributed by atoms with Gasteiger partial charge in [0, 0.05) is 17.5 Å². The van der Waals surface area contributed by atoms with Crippen LogP contribution >= 0.6 is 0 Å². The maximum absolute atomic E-state index is 12.6. The van der Waals surface area contributed by atoms with Gasteiger partial charge in [-0.2, -0.15) is 15.3 Å². The van der Waals surface area contributed by atoms with Crippen molar-refractivity contribution in [1.82, 2.24) is 25.2 Å². The number of nitrogens with zero attached hydrogens (tertiary/aromatic N) is 4. The number of nitrogens with one attached hydrogen (secondary N) is 2. The number of hydrogen-bond acceptors (Lipinski definition) is 5. The fourth-order valence-electron chi connectivity index (χ4n) is 3.30. The van der Waals surface area contributed by atoms with Gasteiger partial charge in [-0.15, -0.1) is 0 Å². The van der Waals surface area contributed by atoms with Crippen molar-refractivity contribution in [3.8, 4) is 22.5 Å². The summed E-state index contributed by atoms with van der Waals surface area (Å²) in [4.78, 5) is 25.1. The molecule has 8 heteroatoms. The molecule has 8 nitrogen and oxygen atoms in total. The monoisotopic (exact) mass is 400 g/mol. The second-order valence-corrected chi connectivity index (χ2v) is 7.02. The first-order valence-corrected chi connectivity index (χ1v) is 9.41. The van der Waals surface area contributed by atoms with Crippen molar-refractivity contribution in [3.63, 3.8) is 0 Å². The third-order valence-corrected chi connectivity index (χ3v) is 4.66. The third kappa shape index (κ3) is 3.39. The molecular formula is C22H20N6O2. The standard InChI is InChI=1S/C22H20N6O2/c1-13(2)23-25-21(29)17-14(3)19(24-26-22(17)30)18-16-11-7-8-12-28(16)27-20(18)15-9-5-4-6-10-15/h4-12H,1-3H3,(H,25,29)(H,26,30). The Balaban J connectivity index is 1.98. The second-order valence-electron chi connectivity index (χ2n) is 7.02. The molecule has 0 fully saturated rings. The number of amides is 1. The smallest absolute Gasteiger partial charge is 0.267 e. The highest BCUT2D eigenvalue weighted by Crippen LogP contribution is 2.35. The predicted octanol–water partition coefficient (Wildman–Crippen LogP) is 3.19. The molecule has 0 unspecified atom stereocenters. The molecule has 30 heavy (non-hydrogen) atoms. The Kier molecular flexibility index (Phi) is 4.97. The molecular weight excluding hydrogens is 380 g/mol. The van der Waals surface area contributed by atoms with Crippen LogP contribution in [0.15, 0.2) is 64.6 Å². The molecule has 0 bridgehead atoms. The summed E-state index contributed by atoms with van der Waals surface area (Å²) in [5, 5.41) is 15.4. The van der Waals surface area contributed by atoms with Crippen LogP contribution in [0.25, 0.3) is 28.0 Å². The maximum Gasteiger partial charge on any atom is 0.277 e. The highest BCUT2D eigenvalue weighted by atomic mass is 16.2. The van der Waals surface area contributed by atoms with Crippen molar-refractivity contribution in [2.45, 2.75) is 20.8 Å². The van der Waals surface area contributed by atoms with Crippen LogP contribution in [0.4, 0.5) is 0 Å². The highest BCUT2D eigenvalue weighted by molar-refractivity contribution is 5.99. The number of hydrogen-bond donors (Lipinski definition) is 2. The van der Waals surface area contributed by atoms with Crippen molar-refractivity contribution in [2.24, 2.45) is 5.10 Å². The van der Waals surface area contributed by atoms with Crippen LogP contribution < -0.4 is 11.0 Å². The van der Waals surface area contributed by atoms with Crippen LogP contribution in [-0.2, 0) is 0 Å². The Morgan fingerprint density at radius 1 is 1.07 bits per heavy atom. The minimum Gasteiger partial charge on any atom is -0.267 e. The molecule has 0 atom stereocenters. The van der Waals surface area contributed by atoms with Gasteiger partial charge in [0.05, 0.1) is 16.8 Å². The zero-order valence-electron chi connectivity index (χ0n) is 16.8. The average molecular weight is 400 g/mol. The fourth-order valence-corrected chi connectivity index (χ4v) is 3.30. The number of aromatic amines is 1. The lowest BCUT2D eigenvalue weighted by molar-refractivity contribution is 0.0952. The van der Waals surface area contributed by atoms with E-state index in [9.17, 15) is 9.59 Å². The lowest BCUT2D eigenvalue weighted by Gasteiger charge is -2.09. The number of H-pyrrole nitrogens is 1.